The lowest BCUT2D eigenvalue weighted by Gasteiger charge is -2.09. The molecule has 0 unspecified atom stereocenters. The van der Waals surface area contributed by atoms with Gasteiger partial charge in [-0.25, -0.2) is 4.98 Å². The molecule has 2 heterocycles. The molecule has 0 aliphatic rings. The number of ether oxygens (including phenoxy) is 1. The van der Waals surface area contributed by atoms with Gasteiger partial charge in [-0.3, -0.25) is 4.79 Å². The summed E-state index contributed by atoms with van der Waals surface area (Å²) in [5, 5.41) is 6.13. The van der Waals surface area contributed by atoms with Crippen LogP contribution in [0.3, 0.4) is 0 Å². The van der Waals surface area contributed by atoms with E-state index < -0.39 is 0 Å². The third kappa shape index (κ3) is 4.40. The Hall–Kier alpha value is -2.18. The fourth-order valence-electron chi connectivity index (χ4n) is 2.49. The lowest BCUT2D eigenvalue weighted by molar-refractivity contribution is 0.0953. The van der Waals surface area contributed by atoms with Crippen molar-refractivity contribution in [3.05, 3.63) is 47.4 Å². The number of nitrogens with one attached hydrogen (secondary N) is 2. The molecule has 23 heavy (non-hydrogen) atoms. The summed E-state index contributed by atoms with van der Waals surface area (Å²) < 4.78 is 6.95. The van der Waals surface area contributed by atoms with Gasteiger partial charge in [-0.1, -0.05) is 6.07 Å². The molecule has 6 heteroatoms. The number of pyridine rings is 1. The smallest absolute Gasteiger partial charge is 0.253 e. The van der Waals surface area contributed by atoms with Gasteiger partial charge in [0.15, 0.2) is 0 Å². The summed E-state index contributed by atoms with van der Waals surface area (Å²) in [4.78, 5) is 16.7. The highest BCUT2D eigenvalue weighted by molar-refractivity contribution is 5.95. The SMILES string of the molecule is COCCNCCNC(=O)c1cc(C)n(-c2ccccn2)c1C. The number of hydrogen-bond donors (Lipinski definition) is 2. The highest BCUT2D eigenvalue weighted by Gasteiger charge is 2.16. The highest BCUT2D eigenvalue weighted by Crippen LogP contribution is 2.19. The first-order chi connectivity index (χ1) is 11.1. The van der Waals surface area contributed by atoms with Crippen LogP contribution in [0.1, 0.15) is 21.7 Å². The number of nitrogens with zero attached hydrogens (tertiary/aromatic N) is 2. The van der Waals surface area contributed by atoms with Gasteiger partial charge in [-0.15, -0.1) is 0 Å². The van der Waals surface area contributed by atoms with Crippen LogP contribution in [0.4, 0.5) is 0 Å². The van der Waals surface area contributed by atoms with Gasteiger partial charge in [0.25, 0.3) is 5.91 Å². The largest absolute Gasteiger partial charge is 0.383 e. The Labute approximate surface area is 136 Å². The molecular weight excluding hydrogens is 292 g/mol. The average molecular weight is 316 g/mol. The summed E-state index contributed by atoms with van der Waals surface area (Å²) in [6.45, 7) is 6.65. The molecule has 6 nitrogen and oxygen atoms in total. The number of rotatable bonds is 8. The van der Waals surface area contributed by atoms with Crippen LogP contribution in [0.2, 0.25) is 0 Å². The van der Waals surface area contributed by atoms with Crippen LogP contribution in [0, 0.1) is 13.8 Å². The second kappa shape index (κ2) is 8.45. The molecule has 0 saturated heterocycles. The van der Waals surface area contributed by atoms with E-state index in [1.165, 1.54) is 0 Å². The number of carbonyl (C=O) groups is 1. The summed E-state index contributed by atoms with van der Waals surface area (Å²) in [5.41, 5.74) is 2.57. The van der Waals surface area contributed by atoms with Crippen LogP contribution in [-0.4, -0.2) is 48.8 Å². The Morgan fingerprint density at radius 3 is 2.78 bits per heavy atom. The van der Waals surface area contributed by atoms with Crippen molar-refractivity contribution in [1.29, 1.82) is 0 Å². The molecule has 2 aromatic heterocycles. The van der Waals surface area contributed by atoms with Crippen LogP contribution in [-0.2, 0) is 4.74 Å². The van der Waals surface area contributed by atoms with Gasteiger partial charge in [0.2, 0.25) is 0 Å². The highest BCUT2D eigenvalue weighted by atomic mass is 16.5. The summed E-state index contributed by atoms with van der Waals surface area (Å²) in [7, 11) is 1.67. The lowest BCUT2D eigenvalue weighted by Crippen LogP contribution is -2.33. The molecule has 1 amide bonds. The van der Waals surface area contributed by atoms with Crippen molar-refractivity contribution in [2.24, 2.45) is 0 Å². The fourth-order valence-corrected chi connectivity index (χ4v) is 2.49. The maximum Gasteiger partial charge on any atom is 0.253 e. The first-order valence-corrected chi connectivity index (χ1v) is 7.73. The van der Waals surface area contributed by atoms with Gasteiger partial charge < -0.3 is 19.9 Å². The molecule has 2 rings (SSSR count). The van der Waals surface area contributed by atoms with Crippen LogP contribution >= 0.6 is 0 Å². The molecule has 0 atom stereocenters. The summed E-state index contributed by atoms with van der Waals surface area (Å²) in [6.07, 6.45) is 1.75. The van der Waals surface area contributed by atoms with Gasteiger partial charge in [0, 0.05) is 44.3 Å². The van der Waals surface area contributed by atoms with Crippen molar-refractivity contribution in [1.82, 2.24) is 20.2 Å². The van der Waals surface area contributed by atoms with Crippen LogP contribution in [0.25, 0.3) is 5.82 Å². The van der Waals surface area contributed by atoms with Gasteiger partial charge in [0.1, 0.15) is 5.82 Å². The van der Waals surface area contributed by atoms with Gasteiger partial charge >= 0.3 is 0 Å². The summed E-state index contributed by atoms with van der Waals surface area (Å²) in [6, 6.07) is 7.65. The van der Waals surface area contributed by atoms with Crippen molar-refractivity contribution in [3.63, 3.8) is 0 Å². The Morgan fingerprint density at radius 2 is 2.09 bits per heavy atom. The Morgan fingerprint density at radius 1 is 1.26 bits per heavy atom. The summed E-state index contributed by atoms with van der Waals surface area (Å²) >= 11 is 0. The third-order valence-corrected chi connectivity index (χ3v) is 3.62. The van der Waals surface area contributed by atoms with E-state index >= 15 is 0 Å². The minimum Gasteiger partial charge on any atom is -0.383 e. The maximum absolute atomic E-state index is 12.4. The van der Waals surface area contributed by atoms with E-state index in [-0.39, 0.29) is 5.91 Å². The molecule has 124 valence electrons. The van der Waals surface area contributed by atoms with Gasteiger partial charge in [-0.2, -0.15) is 0 Å². The second-order valence-electron chi connectivity index (χ2n) is 5.31. The van der Waals surface area contributed by atoms with Crippen molar-refractivity contribution in [3.8, 4) is 5.82 Å². The molecule has 2 N–H and O–H groups in total. The van der Waals surface area contributed by atoms with Crippen LogP contribution in [0.5, 0.6) is 0 Å². The first-order valence-electron chi connectivity index (χ1n) is 7.73. The van der Waals surface area contributed by atoms with Crippen molar-refractivity contribution < 1.29 is 9.53 Å². The average Bonchev–Trinajstić information content (AvgIpc) is 2.86. The van der Waals surface area contributed by atoms with E-state index in [4.69, 9.17) is 4.74 Å². The van der Waals surface area contributed by atoms with Crippen LogP contribution in [0.15, 0.2) is 30.5 Å². The first kappa shape index (κ1) is 17.2. The Kier molecular flexibility index (Phi) is 6.31. The molecule has 0 saturated carbocycles. The molecule has 0 fully saturated rings. The molecule has 0 aliphatic heterocycles. The van der Waals surface area contributed by atoms with E-state index in [9.17, 15) is 4.79 Å². The zero-order valence-electron chi connectivity index (χ0n) is 13.9. The second-order valence-corrected chi connectivity index (χ2v) is 5.31. The van der Waals surface area contributed by atoms with E-state index in [0.29, 0.717) is 25.3 Å². The number of amides is 1. The normalized spacial score (nSPS) is 10.7. The number of carbonyl (C=O) groups excluding carboxylic acids is 1. The van der Waals surface area contributed by atoms with Crippen molar-refractivity contribution in [2.45, 2.75) is 13.8 Å². The predicted octanol–water partition coefficient (Wildman–Crippen LogP) is 1.45. The predicted molar refractivity (Wildman–Crippen MR) is 90.1 cm³/mol. The number of aryl methyl sites for hydroxylation is 1. The van der Waals surface area contributed by atoms with Crippen molar-refractivity contribution in [2.75, 3.05) is 33.4 Å². The quantitative estimate of drug-likeness (QED) is 0.724. The van der Waals surface area contributed by atoms with Gasteiger partial charge in [-0.05, 0) is 32.0 Å². The maximum atomic E-state index is 12.4. The monoisotopic (exact) mass is 316 g/mol. The summed E-state index contributed by atoms with van der Waals surface area (Å²) in [5.74, 6) is 0.761. The molecule has 2 aromatic rings. The van der Waals surface area contributed by atoms with Gasteiger partial charge in [0.05, 0.1) is 12.2 Å². The third-order valence-electron chi connectivity index (χ3n) is 3.62. The van der Waals surface area contributed by atoms with E-state index in [0.717, 1.165) is 23.8 Å². The number of hydrogen-bond acceptors (Lipinski definition) is 4. The van der Waals surface area contributed by atoms with E-state index in [1.807, 2.05) is 42.7 Å². The molecule has 0 aliphatic carbocycles. The number of aromatic nitrogens is 2. The van der Waals surface area contributed by atoms with Crippen molar-refractivity contribution >= 4 is 5.91 Å². The van der Waals surface area contributed by atoms with E-state index in [2.05, 4.69) is 15.6 Å². The molecule has 0 bridgehead atoms. The molecule has 0 aromatic carbocycles. The minimum absolute atomic E-state index is 0.0613. The minimum atomic E-state index is -0.0613. The standard InChI is InChI=1S/C17H24N4O2/c1-13-12-15(17(22)20-9-8-18-10-11-23-3)14(2)21(13)16-6-4-5-7-19-16/h4-7,12,18H,8-11H2,1-3H3,(H,20,22). The zero-order valence-corrected chi connectivity index (χ0v) is 13.9. The molecular formula is C17H24N4O2. The fraction of sp³-hybridized carbons (Fsp3) is 0.412. The Balaban J connectivity index is 1.99. The van der Waals surface area contributed by atoms with E-state index in [1.54, 1.807) is 13.3 Å². The molecule has 0 spiro atoms. The zero-order chi connectivity index (χ0) is 16.7. The lowest BCUT2D eigenvalue weighted by atomic mass is 10.2. The van der Waals surface area contributed by atoms with Crippen LogP contribution < -0.4 is 10.6 Å². The number of methoxy groups -OCH3 is 1. The Bertz CT molecular complexity index is 638. The molecule has 0 radical (unpaired) electrons. The topological polar surface area (TPSA) is 68.2 Å².